The molecule has 3 atom stereocenters. The number of aliphatic hydroxyl groups excluding tert-OH is 1. The predicted molar refractivity (Wildman–Crippen MR) is 88.5 cm³/mol. The van der Waals surface area contributed by atoms with Crippen LogP contribution < -0.4 is 5.32 Å². The van der Waals surface area contributed by atoms with E-state index in [1.165, 1.54) is 5.56 Å². The number of hydrogen-bond acceptors (Lipinski definition) is 3. The van der Waals surface area contributed by atoms with Crippen molar-refractivity contribution in [2.24, 2.45) is 5.92 Å². The van der Waals surface area contributed by atoms with Gasteiger partial charge < -0.3 is 10.4 Å². The van der Waals surface area contributed by atoms with Crippen LogP contribution in [0.3, 0.4) is 0 Å². The zero-order chi connectivity index (χ0) is 15.9. The van der Waals surface area contributed by atoms with Crippen LogP contribution in [0.15, 0.2) is 30.3 Å². The number of carbonyl (C=O) groups excluding carboxylic acids is 1. The molecule has 0 spiro atoms. The lowest BCUT2D eigenvalue weighted by atomic mass is 10.0. The molecule has 0 aromatic heterocycles. The van der Waals surface area contributed by atoms with Gasteiger partial charge in [-0.1, -0.05) is 43.7 Å². The van der Waals surface area contributed by atoms with Crippen LogP contribution in [-0.4, -0.2) is 41.7 Å². The molecule has 4 nitrogen and oxygen atoms in total. The minimum absolute atomic E-state index is 0.0774. The summed E-state index contributed by atoms with van der Waals surface area (Å²) in [6.07, 6.45) is 2.67. The van der Waals surface area contributed by atoms with E-state index in [9.17, 15) is 9.90 Å². The van der Waals surface area contributed by atoms with Crippen LogP contribution in [0.1, 0.15) is 44.7 Å². The molecule has 1 amide bonds. The van der Waals surface area contributed by atoms with E-state index in [1.807, 2.05) is 25.1 Å². The van der Waals surface area contributed by atoms with Crippen molar-refractivity contribution in [1.29, 1.82) is 0 Å². The van der Waals surface area contributed by atoms with Crippen LogP contribution in [0.25, 0.3) is 0 Å². The number of likely N-dealkylation sites (tertiary alicyclic amines) is 1. The number of carbonyl (C=O) groups is 1. The van der Waals surface area contributed by atoms with E-state index < -0.39 is 0 Å². The van der Waals surface area contributed by atoms with Crippen molar-refractivity contribution in [3.63, 3.8) is 0 Å². The Balaban J connectivity index is 1.87. The molecule has 1 heterocycles. The van der Waals surface area contributed by atoms with Crippen LogP contribution in [0.5, 0.6) is 0 Å². The summed E-state index contributed by atoms with van der Waals surface area (Å²) in [6.45, 7) is 6.11. The molecule has 2 rings (SSSR count). The molecule has 1 aromatic rings. The summed E-state index contributed by atoms with van der Waals surface area (Å²) in [5.74, 6) is 0.377. The first kappa shape index (κ1) is 17.0. The smallest absolute Gasteiger partial charge is 0.234 e. The topological polar surface area (TPSA) is 52.6 Å². The number of hydrogen-bond donors (Lipinski definition) is 2. The van der Waals surface area contributed by atoms with Crippen molar-refractivity contribution in [2.75, 3.05) is 19.6 Å². The Kier molecular flexibility index (Phi) is 6.40. The van der Waals surface area contributed by atoms with E-state index in [0.717, 1.165) is 32.4 Å². The Hall–Kier alpha value is -1.39. The third-order valence-electron chi connectivity index (χ3n) is 4.47. The van der Waals surface area contributed by atoms with E-state index in [1.54, 1.807) is 0 Å². The van der Waals surface area contributed by atoms with Crippen LogP contribution in [-0.2, 0) is 4.79 Å². The van der Waals surface area contributed by atoms with Crippen LogP contribution in [0.4, 0.5) is 0 Å². The van der Waals surface area contributed by atoms with Crippen molar-refractivity contribution < 1.29 is 9.90 Å². The summed E-state index contributed by atoms with van der Waals surface area (Å²) in [7, 11) is 0. The molecule has 1 aromatic carbocycles. The van der Waals surface area contributed by atoms with Crippen LogP contribution >= 0.6 is 0 Å². The molecule has 0 aliphatic carbocycles. The molecule has 1 fully saturated rings. The average molecular weight is 304 g/mol. The van der Waals surface area contributed by atoms with E-state index >= 15 is 0 Å². The molecular weight excluding hydrogens is 276 g/mol. The van der Waals surface area contributed by atoms with Crippen LogP contribution in [0.2, 0.25) is 0 Å². The average Bonchev–Trinajstić information content (AvgIpc) is 2.96. The van der Waals surface area contributed by atoms with Crippen molar-refractivity contribution in [2.45, 2.75) is 45.3 Å². The summed E-state index contributed by atoms with van der Waals surface area (Å²) in [5, 5.41) is 12.8. The third-order valence-corrected chi connectivity index (χ3v) is 4.47. The Morgan fingerprint density at radius 2 is 2.14 bits per heavy atom. The van der Waals surface area contributed by atoms with E-state index in [-0.39, 0.29) is 18.1 Å². The summed E-state index contributed by atoms with van der Waals surface area (Å²) < 4.78 is 0. The van der Waals surface area contributed by atoms with Crippen molar-refractivity contribution in [3.8, 4) is 0 Å². The first-order chi connectivity index (χ1) is 10.6. The highest BCUT2D eigenvalue weighted by molar-refractivity contribution is 5.78. The molecule has 1 saturated heterocycles. The van der Waals surface area contributed by atoms with Gasteiger partial charge in [0.25, 0.3) is 0 Å². The second kappa shape index (κ2) is 8.30. The molecule has 22 heavy (non-hydrogen) atoms. The standard InChI is InChI=1S/C18H28N2O2/c1-3-7-17(15-8-5-4-6-9-15)19-18(22)13-20-11-10-16(12-20)14(2)21/h4-6,8-9,14,16-17,21H,3,7,10-13H2,1-2H3,(H,19,22). The summed E-state index contributed by atoms with van der Waals surface area (Å²) >= 11 is 0. The van der Waals surface area contributed by atoms with Gasteiger partial charge in [0, 0.05) is 6.54 Å². The minimum Gasteiger partial charge on any atom is -0.393 e. The van der Waals surface area contributed by atoms with Gasteiger partial charge in [-0.05, 0) is 37.8 Å². The number of aliphatic hydroxyl groups is 1. The summed E-state index contributed by atoms with van der Waals surface area (Å²) in [6, 6.07) is 10.2. The maximum absolute atomic E-state index is 12.3. The highest BCUT2D eigenvalue weighted by Crippen LogP contribution is 2.20. The van der Waals surface area contributed by atoms with Gasteiger partial charge in [-0.3, -0.25) is 9.69 Å². The fourth-order valence-electron chi connectivity index (χ4n) is 3.14. The first-order valence-corrected chi connectivity index (χ1v) is 8.35. The minimum atomic E-state index is -0.287. The largest absolute Gasteiger partial charge is 0.393 e. The second-order valence-corrected chi connectivity index (χ2v) is 6.34. The normalized spacial score (nSPS) is 21.5. The van der Waals surface area contributed by atoms with Gasteiger partial charge in [0.2, 0.25) is 5.91 Å². The lowest BCUT2D eigenvalue weighted by Gasteiger charge is -2.21. The fourth-order valence-corrected chi connectivity index (χ4v) is 3.14. The molecule has 0 radical (unpaired) electrons. The lowest BCUT2D eigenvalue weighted by Crippen LogP contribution is -2.38. The monoisotopic (exact) mass is 304 g/mol. The quantitative estimate of drug-likeness (QED) is 0.813. The van der Waals surface area contributed by atoms with Gasteiger partial charge >= 0.3 is 0 Å². The Morgan fingerprint density at radius 3 is 2.73 bits per heavy atom. The predicted octanol–water partition coefficient (Wildman–Crippen LogP) is 2.35. The number of nitrogens with zero attached hydrogens (tertiary/aromatic N) is 1. The third kappa shape index (κ3) is 4.82. The van der Waals surface area contributed by atoms with Gasteiger partial charge in [-0.25, -0.2) is 0 Å². The fraction of sp³-hybridized carbons (Fsp3) is 0.611. The maximum atomic E-state index is 12.3. The van der Waals surface area contributed by atoms with Gasteiger partial charge in [-0.2, -0.15) is 0 Å². The summed E-state index contributed by atoms with van der Waals surface area (Å²) in [5.41, 5.74) is 1.17. The molecule has 3 unspecified atom stereocenters. The van der Waals surface area contributed by atoms with E-state index in [4.69, 9.17) is 0 Å². The Bertz CT molecular complexity index is 461. The van der Waals surface area contributed by atoms with Crippen LogP contribution in [0, 0.1) is 5.92 Å². The zero-order valence-corrected chi connectivity index (χ0v) is 13.7. The summed E-state index contributed by atoms with van der Waals surface area (Å²) in [4.78, 5) is 14.5. The molecular formula is C18H28N2O2. The van der Waals surface area contributed by atoms with Crippen molar-refractivity contribution in [1.82, 2.24) is 10.2 Å². The molecule has 122 valence electrons. The second-order valence-electron chi connectivity index (χ2n) is 6.34. The number of rotatable bonds is 7. The molecule has 2 N–H and O–H groups in total. The number of benzene rings is 1. The molecule has 4 heteroatoms. The van der Waals surface area contributed by atoms with Crippen molar-refractivity contribution >= 4 is 5.91 Å². The van der Waals surface area contributed by atoms with E-state index in [0.29, 0.717) is 12.5 Å². The van der Waals surface area contributed by atoms with Gasteiger partial charge in [0.15, 0.2) is 0 Å². The highest BCUT2D eigenvalue weighted by Gasteiger charge is 2.27. The number of nitrogens with one attached hydrogen (secondary N) is 1. The molecule has 0 saturated carbocycles. The molecule has 1 aliphatic rings. The highest BCUT2D eigenvalue weighted by atomic mass is 16.3. The SMILES string of the molecule is CCCC(NC(=O)CN1CCC(C(C)O)C1)c1ccccc1. The molecule has 0 bridgehead atoms. The lowest BCUT2D eigenvalue weighted by molar-refractivity contribution is -0.122. The Morgan fingerprint density at radius 1 is 1.41 bits per heavy atom. The van der Waals surface area contributed by atoms with Gasteiger partial charge in [0.05, 0.1) is 18.7 Å². The van der Waals surface area contributed by atoms with Gasteiger partial charge in [-0.15, -0.1) is 0 Å². The van der Waals surface area contributed by atoms with Crippen molar-refractivity contribution in [3.05, 3.63) is 35.9 Å². The molecule has 1 aliphatic heterocycles. The van der Waals surface area contributed by atoms with Gasteiger partial charge in [0.1, 0.15) is 0 Å². The maximum Gasteiger partial charge on any atom is 0.234 e. The zero-order valence-electron chi connectivity index (χ0n) is 13.7. The number of amides is 1. The van der Waals surface area contributed by atoms with E-state index in [2.05, 4.69) is 29.3 Å². The first-order valence-electron chi connectivity index (χ1n) is 8.35. The Labute approximate surface area is 133 Å².